The van der Waals surface area contributed by atoms with Gasteiger partial charge in [-0.15, -0.1) is 0 Å². The third-order valence-electron chi connectivity index (χ3n) is 2.89. The zero-order chi connectivity index (χ0) is 15.5. The van der Waals surface area contributed by atoms with Crippen LogP contribution in [0.1, 0.15) is 13.8 Å². The quantitative estimate of drug-likeness (QED) is 0.617. The fourth-order valence-electron chi connectivity index (χ4n) is 1.59. The highest BCUT2D eigenvalue weighted by atomic mass is 32.2. The smallest absolute Gasteiger partial charge is 0.243 e. The van der Waals surface area contributed by atoms with Crippen LogP contribution < -0.4 is 5.73 Å². The lowest BCUT2D eigenvalue weighted by atomic mass is 10.1. The number of sulfonamides is 1. The number of rotatable bonds is 6. The summed E-state index contributed by atoms with van der Waals surface area (Å²) in [4.78, 5) is -0.325. The molecule has 0 amide bonds. The minimum atomic E-state index is -3.94. The van der Waals surface area contributed by atoms with Gasteiger partial charge in [-0.2, -0.15) is 4.31 Å². The maximum absolute atomic E-state index is 13.2. The molecule has 1 aromatic carbocycles. The first kappa shape index (κ1) is 16.5. The number of nitrogens with two attached hydrogens (primary N) is 1. The lowest BCUT2D eigenvalue weighted by molar-refractivity contribution is 0.403. The van der Waals surface area contributed by atoms with E-state index in [1.807, 2.05) is 0 Å². The summed E-state index contributed by atoms with van der Waals surface area (Å²) in [6.45, 7) is 3.38. The zero-order valence-corrected chi connectivity index (χ0v) is 12.0. The van der Waals surface area contributed by atoms with Crippen molar-refractivity contribution in [2.45, 2.75) is 18.7 Å². The van der Waals surface area contributed by atoms with E-state index in [9.17, 15) is 17.2 Å². The van der Waals surface area contributed by atoms with Gasteiger partial charge in [-0.3, -0.25) is 5.41 Å². The Morgan fingerprint density at radius 1 is 1.40 bits per heavy atom. The van der Waals surface area contributed by atoms with E-state index in [-0.39, 0.29) is 23.8 Å². The Bertz CT molecular complexity index is 605. The summed E-state index contributed by atoms with van der Waals surface area (Å²) in [6.07, 6.45) is 0. The molecule has 0 aliphatic carbocycles. The van der Waals surface area contributed by atoms with E-state index in [1.54, 1.807) is 13.8 Å². The largest absolute Gasteiger partial charge is 0.387 e. The molecule has 3 N–H and O–H groups in total. The molecule has 1 aromatic rings. The molecule has 0 bridgehead atoms. The number of hydrogen-bond donors (Lipinski definition) is 2. The van der Waals surface area contributed by atoms with E-state index < -0.39 is 27.6 Å². The van der Waals surface area contributed by atoms with E-state index in [0.717, 1.165) is 16.4 Å². The molecule has 8 heteroatoms. The third kappa shape index (κ3) is 3.51. The van der Waals surface area contributed by atoms with Gasteiger partial charge in [-0.1, -0.05) is 13.8 Å². The fraction of sp³-hybridized carbons (Fsp3) is 0.417. The summed E-state index contributed by atoms with van der Waals surface area (Å²) in [7, 11) is -3.94. The molecule has 1 atom stereocenters. The molecule has 0 fully saturated rings. The van der Waals surface area contributed by atoms with Crippen molar-refractivity contribution in [3.05, 3.63) is 29.8 Å². The second kappa shape index (κ2) is 6.27. The molecule has 0 spiro atoms. The van der Waals surface area contributed by atoms with Crippen molar-refractivity contribution in [1.82, 2.24) is 4.31 Å². The van der Waals surface area contributed by atoms with Crippen molar-refractivity contribution in [2.75, 3.05) is 13.1 Å². The topological polar surface area (TPSA) is 87.2 Å². The van der Waals surface area contributed by atoms with E-state index in [4.69, 9.17) is 11.1 Å². The normalized spacial score (nSPS) is 13.4. The number of halogens is 2. The van der Waals surface area contributed by atoms with Crippen molar-refractivity contribution < 1.29 is 17.2 Å². The molecule has 0 radical (unpaired) electrons. The predicted octanol–water partition coefficient (Wildman–Crippen LogP) is 1.55. The highest BCUT2D eigenvalue weighted by molar-refractivity contribution is 7.89. The van der Waals surface area contributed by atoms with E-state index in [0.29, 0.717) is 6.07 Å². The minimum absolute atomic E-state index is 0.00711. The predicted molar refractivity (Wildman–Crippen MR) is 71.9 cm³/mol. The monoisotopic (exact) mass is 305 g/mol. The Balaban J connectivity index is 3.11. The summed E-state index contributed by atoms with van der Waals surface area (Å²) >= 11 is 0. The molecule has 5 nitrogen and oxygen atoms in total. The summed E-state index contributed by atoms with van der Waals surface area (Å²) in [5, 5.41) is 7.29. The number of amidine groups is 1. The van der Waals surface area contributed by atoms with Gasteiger partial charge in [0.1, 0.15) is 0 Å². The van der Waals surface area contributed by atoms with Crippen molar-refractivity contribution in [3.63, 3.8) is 0 Å². The molecule has 1 unspecified atom stereocenters. The summed E-state index contributed by atoms with van der Waals surface area (Å²) in [5.74, 6) is -2.93. The Labute approximate surface area is 116 Å². The molecule has 20 heavy (non-hydrogen) atoms. The molecule has 0 aromatic heterocycles. The van der Waals surface area contributed by atoms with Crippen LogP contribution in [0.4, 0.5) is 8.78 Å². The molecular formula is C12H17F2N3O2S. The van der Waals surface area contributed by atoms with Gasteiger partial charge >= 0.3 is 0 Å². The van der Waals surface area contributed by atoms with Gasteiger partial charge in [0.2, 0.25) is 10.0 Å². The number of nitrogens with one attached hydrogen (secondary N) is 1. The van der Waals surface area contributed by atoms with Crippen LogP contribution >= 0.6 is 0 Å². The van der Waals surface area contributed by atoms with E-state index >= 15 is 0 Å². The Kier molecular flexibility index (Phi) is 5.18. The van der Waals surface area contributed by atoms with E-state index in [1.165, 1.54) is 0 Å². The molecular weight excluding hydrogens is 288 g/mol. The maximum Gasteiger partial charge on any atom is 0.243 e. The summed E-state index contributed by atoms with van der Waals surface area (Å²) < 4.78 is 51.7. The van der Waals surface area contributed by atoms with Crippen LogP contribution in [0.5, 0.6) is 0 Å². The van der Waals surface area contributed by atoms with Gasteiger partial charge < -0.3 is 5.73 Å². The first-order chi connectivity index (χ1) is 9.20. The number of benzene rings is 1. The molecule has 1 rings (SSSR count). The van der Waals surface area contributed by atoms with Crippen LogP contribution in [0.25, 0.3) is 0 Å². The van der Waals surface area contributed by atoms with Gasteiger partial charge in [0.05, 0.1) is 10.7 Å². The van der Waals surface area contributed by atoms with Crippen molar-refractivity contribution in [2.24, 2.45) is 11.7 Å². The highest BCUT2D eigenvalue weighted by Crippen LogP contribution is 2.19. The zero-order valence-electron chi connectivity index (χ0n) is 11.2. The van der Waals surface area contributed by atoms with Crippen LogP contribution in [0.2, 0.25) is 0 Å². The van der Waals surface area contributed by atoms with Gasteiger partial charge in [0, 0.05) is 19.0 Å². The molecule has 0 aliphatic rings. The van der Waals surface area contributed by atoms with Crippen LogP contribution in [-0.4, -0.2) is 31.6 Å². The number of hydrogen-bond acceptors (Lipinski definition) is 3. The Morgan fingerprint density at radius 2 is 2.00 bits per heavy atom. The van der Waals surface area contributed by atoms with Crippen molar-refractivity contribution in [1.29, 1.82) is 5.41 Å². The lowest BCUT2D eigenvalue weighted by Gasteiger charge is -2.23. The third-order valence-corrected chi connectivity index (χ3v) is 4.83. The summed E-state index contributed by atoms with van der Waals surface area (Å²) in [6, 6.07) is 2.42. The highest BCUT2D eigenvalue weighted by Gasteiger charge is 2.26. The fourth-order valence-corrected chi connectivity index (χ4v) is 3.14. The molecule has 0 saturated carbocycles. The SMILES string of the molecule is CCN(CC(C)C(=N)N)S(=O)(=O)c1ccc(F)c(F)c1. The van der Waals surface area contributed by atoms with Crippen LogP contribution in [-0.2, 0) is 10.0 Å². The lowest BCUT2D eigenvalue weighted by Crippen LogP contribution is -2.38. The van der Waals surface area contributed by atoms with E-state index in [2.05, 4.69) is 0 Å². The first-order valence-corrected chi connectivity index (χ1v) is 7.43. The average molecular weight is 305 g/mol. The maximum atomic E-state index is 13.2. The Hall–Kier alpha value is -1.54. The second-order valence-electron chi connectivity index (χ2n) is 4.39. The molecule has 0 saturated heterocycles. The minimum Gasteiger partial charge on any atom is -0.387 e. The molecule has 0 aliphatic heterocycles. The number of nitrogens with zero attached hydrogens (tertiary/aromatic N) is 1. The molecule has 112 valence electrons. The van der Waals surface area contributed by atoms with Crippen LogP contribution in [0, 0.1) is 23.0 Å². The average Bonchev–Trinajstić information content (AvgIpc) is 2.38. The standard InChI is InChI=1S/C12H17F2N3O2S/c1-3-17(7-8(2)12(15)16)20(18,19)9-4-5-10(13)11(14)6-9/h4-6,8H,3,7H2,1-2H3,(H3,15,16). The van der Waals surface area contributed by atoms with Crippen LogP contribution in [0.3, 0.4) is 0 Å². The van der Waals surface area contributed by atoms with Gasteiger partial charge in [-0.05, 0) is 18.2 Å². The summed E-state index contributed by atoms with van der Waals surface area (Å²) in [5.41, 5.74) is 5.32. The van der Waals surface area contributed by atoms with Gasteiger partial charge in [0.15, 0.2) is 11.6 Å². The van der Waals surface area contributed by atoms with Crippen molar-refractivity contribution >= 4 is 15.9 Å². The second-order valence-corrected chi connectivity index (χ2v) is 6.33. The van der Waals surface area contributed by atoms with Gasteiger partial charge in [-0.25, -0.2) is 17.2 Å². The van der Waals surface area contributed by atoms with Gasteiger partial charge in [0.25, 0.3) is 0 Å². The molecule has 0 heterocycles. The Morgan fingerprint density at radius 3 is 2.45 bits per heavy atom. The first-order valence-electron chi connectivity index (χ1n) is 5.99. The van der Waals surface area contributed by atoms with Crippen molar-refractivity contribution in [3.8, 4) is 0 Å². The van der Waals surface area contributed by atoms with Crippen LogP contribution in [0.15, 0.2) is 23.1 Å².